The van der Waals surface area contributed by atoms with Crippen LogP contribution in [-0.4, -0.2) is 13.0 Å². The molecule has 0 spiro atoms. The number of rotatable bonds is 5. The maximum absolute atomic E-state index is 12.6. The van der Waals surface area contributed by atoms with Crippen LogP contribution in [0.3, 0.4) is 0 Å². The van der Waals surface area contributed by atoms with Gasteiger partial charge in [0.2, 0.25) is 0 Å². The second-order valence-corrected chi connectivity index (χ2v) is 7.34. The summed E-state index contributed by atoms with van der Waals surface area (Å²) in [5.74, 6) is 0. The van der Waals surface area contributed by atoms with Crippen LogP contribution in [0.1, 0.15) is 16.7 Å². The average Bonchev–Trinajstić information content (AvgIpc) is 2.61. The van der Waals surface area contributed by atoms with E-state index in [1.54, 1.807) is 48.5 Å². The topological polar surface area (TPSA) is 54.4 Å². The van der Waals surface area contributed by atoms with Crippen molar-refractivity contribution in [1.82, 2.24) is 0 Å². The summed E-state index contributed by atoms with van der Waals surface area (Å²) >= 11 is 0. The summed E-state index contributed by atoms with van der Waals surface area (Å²) < 4.78 is 34.0. The Balaban J connectivity index is 2.30. The molecule has 0 radical (unpaired) electrons. The van der Waals surface area contributed by atoms with Crippen molar-refractivity contribution >= 4 is 10.1 Å². The monoisotopic (exact) mass is 338 g/mol. The van der Waals surface area contributed by atoms with Crippen LogP contribution in [0.2, 0.25) is 0 Å². The molecule has 24 heavy (non-hydrogen) atoms. The van der Waals surface area contributed by atoms with Gasteiger partial charge in [-0.3, -0.25) is 4.55 Å². The SMILES string of the molecule is O=S(=O)(O)C(Cc1ccccc1)(c1ccccc1)c1ccccc1. The summed E-state index contributed by atoms with van der Waals surface area (Å²) in [5, 5.41) is 0. The molecule has 0 amide bonds. The van der Waals surface area contributed by atoms with Gasteiger partial charge in [0, 0.05) is 6.42 Å². The highest BCUT2D eigenvalue weighted by Crippen LogP contribution is 2.40. The molecule has 0 bridgehead atoms. The molecule has 0 saturated carbocycles. The summed E-state index contributed by atoms with van der Waals surface area (Å²) in [6, 6.07) is 27.1. The molecule has 0 aliphatic carbocycles. The van der Waals surface area contributed by atoms with Gasteiger partial charge in [0.05, 0.1) is 0 Å². The van der Waals surface area contributed by atoms with Crippen LogP contribution in [0.15, 0.2) is 91.0 Å². The molecule has 0 aliphatic heterocycles. The van der Waals surface area contributed by atoms with Gasteiger partial charge < -0.3 is 0 Å². The van der Waals surface area contributed by atoms with Gasteiger partial charge >= 0.3 is 0 Å². The highest BCUT2D eigenvalue weighted by Gasteiger charge is 2.46. The van der Waals surface area contributed by atoms with E-state index in [0.717, 1.165) is 5.56 Å². The molecule has 0 aliphatic rings. The predicted molar refractivity (Wildman–Crippen MR) is 95.4 cm³/mol. The Bertz CT molecular complexity index is 850. The Kier molecular flexibility index (Phi) is 4.51. The lowest BCUT2D eigenvalue weighted by atomic mass is 9.85. The highest BCUT2D eigenvalue weighted by molar-refractivity contribution is 7.87. The Morgan fingerprint density at radius 1 is 0.667 bits per heavy atom. The number of hydrogen-bond acceptors (Lipinski definition) is 2. The third kappa shape index (κ3) is 2.98. The molecular weight excluding hydrogens is 320 g/mol. The van der Waals surface area contributed by atoms with Crippen LogP contribution >= 0.6 is 0 Å². The van der Waals surface area contributed by atoms with Crippen LogP contribution in [0.4, 0.5) is 0 Å². The maximum atomic E-state index is 12.6. The molecule has 3 aromatic rings. The molecular formula is C20H18O3S. The molecule has 0 fully saturated rings. The van der Waals surface area contributed by atoms with Gasteiger partial charge in [0.25, 0.3) is 10.1 Å². The second kappa shape index (κ2) is 6.59. The molecule has 0 unspecified atom stereocenters. The maximum Gasteiger partial charge on any atom is 0.279 e. The van der Waals surface area contributed by atoms with E-state index in [1.807, 2.05) is 42.5 Å². The summed E-state index contributed by atoms with van der Waals surface area (Å²) in [6.45, 7) is 0. The summed E-state index contributed by atoms with van der Waals surface area (Å²) in [7, 11) is -4.43. The van der Waals surface area contributed by atoms with Crippen molar-refractivity contribution in [2.24, 2.45) is 0 Å². The van der Waals surface area contributed by atoms with Crippen LogP contribution in [0.25, 0.3) is 0 Å². The van der Waals surface area contributed by atoms with Gasteiger partial charge in [-0.15, -0.1) is 0 Å². The van der Waals surface area contributed by atoms with Crippen molar-refractivity contribution in [3.05, 3.63) is 108 Å². The lowest BCUT2D eigenvalue weighted by Crippen LogP contribution is -2.39. The molecule has 1 N–H and O–H groups in total. The largest absolute Gasteiger partial charge is 0.285 e. The van der Waals surface area contributed by atoms with Gasteiger partial charge in [0.1, 0.15) is 0 Å². The molecule has 0 aromatic heterocycles. The van der Waals surface area contributed by atoms with Gasteiger partial charge in [0.15, 0.2) is 4.75 Å². The van der Waals surface area contributed by atoms with Crippen molar-refractivity contribution in [2.45, 2.75) is 11.2 Å². The predicted octanol–water partition coefficient (Wildman–Crippen LogP) is 4.06. The van der Waals surface area contributed by atoms with Gasteiger partial charge in [-0.1, -0.05) is 91.0 Å². The normalized spacial score (nSPS) is 12.0. The van der Waals surface area contributed by atoms with Crippen molar-refractivity contribution < 1.29 is 13.0 Å². The van der Waals surface area contributed by atoms with E-state index in [4.69, 9.17) is 0 Å². The van der Waals surface area contributed by atoms with Crippen molar-refractivity contribution in [3.63, 3.8) is 0 Å². The minimum Gasteiger partial charge on any atom is -0.285 e. The van der Waals surface area contributed by atoms with Gasteiger partial charge in [-0.2, -0.15) is 8.42 Å². The van der Waals surface area contributed by atoms with E-state index in [0.29, 0.717) is 11.1 Å². The first-order valence-electron chi connectivity index (χ1n) is 7.66. The van der Waals surface area contributed by atoms with Crippen molar-refractivity contribution in [1.29, 1.82) is 0 Å². The minimum absolute atomic E-state index is 0.153. The van der Waals surface area contributed by atoms with Crippen molar-refractivity contribution in [2.75, 3.05) is 0 Å². The van der Waals surface area contributed by atoms with Crippen LogP contribution in [0, 0.1) is 0 Å². The molecule has 3 aromatic carbocycles. The van der Waals surface area contributed by atoms with E-state index in [1.165, 1.54) is 0 Å². The molecule has 4 heteroatoms. The zero-order chi connectivity index (χ0) is 17.0. The smallest absolute Gasteiger partial charge is 0.279 e. The van der Waals surface area contributed by atoms with E-state index in [9.17, 15) is 13.0 Å². The molecule has 0 atom stereocenters. The average molecular weight is 338 g/mol. The summed E-state index contributed by atoms with van der Waals surface area (Å²) in [4.78, 5) is 0. The fourth-order valence-corrected chi connectivity index (χ4v) is 4.27. The van der Waals surface area contributed by atoms with E-state index >= 15 is 0 Å². The van der Waals surface area contributed by atoms with E-state index in [-0.39, 0.29) is 6.42 Å². The third-order valence-corrected chi connectivity index (χ3v) is 5.71. The first kappa shape index (κ1) is 16.4. The third-order valence-electron chi connectivity index (χ3n) is 4.22. The Morgan fingerprint density at radius 2 is 1.04 bits per heavy atom. The lowest BCUT2D eigenvalue weighted by Gasteiger charge is -2.32. The fraction of sp³-hybridized carbons (Fsp3) is 0.100. The van der Waals surface area contributed by atoms with Gasteiger partial charge in [-0.25, -0.2) is 0 Å². The summed E-state index contributed by atoms with van der Waals surface area (Å²) in [6.07, 6.45) is 0.153. The molecule has 0 heterocycles. The quantitative estimate of drug-likeness (QED) is 0.714. The van der Waals surface area contributed by atoms with Crippen molar-refractivity contribution in [3.8, 4) is 0 Å². The minimum atomic E-state index is -4.43. The first-order valence-corrected chi connectivity index (χ1v) is 9.10. The number of benzene rings is 3. The zero-order valence-electron chi connectivity index (χ0n) is 13.0. The van der Waals surface area contributed by atoms with Crippen LogP contribution in [-0.2, 0) is 21.3 Å². The fourth-order valence-electron chi connectivity index (χ4n) is 3.06. The molecule has 3 nitrogen and oxygen atoms in total. The molecule has 0 saturated heterocycles. The zero-order valence-corrected chi connectivity index (χ0v) is 13.9. The summed E-state index contributed by atoms with van der Waals surface area (Å²) in [5.41, 5.74) is 1.92. The standard InChI is InChI=1S/C20H18O3S/c21-24(22,23)20(18-12-6-2-7-13-18,19-14-8-3-9-15-19)16-17-10-4-1-5-11-17/h1-15H,16H2,(H,21,22,23). The Labute approximate surface area is 142 Å². The molecule has 3 rings (SSSR count). The molecule has 122 valence electrons. The Morgan fingerprint density at radius 3 is 1.42 bits per heavy atom. The van der Waals surface area contributed by atoms with Crippen LogP contribution in [0.5, 0.6) is 0 Å². The highest BCUT2D eigenvalue weighted by atomic mass is 32.2. The second-order valence-electron chi connectivity index (χ2n) is 5.70. The lowest BCUT2D eigenvalue weighted by molar-refractivity contribution is 0.443. The number of hydrogen-bond donors (Lipinski definition) is 1. The van der Waals surface area contributed by atoms with E-state index in [2.05, 4.69) is 0 Å². The van der Waals surface area contributed by atoms with Crippen LogP contribution < -0.4 is 0 Å². The Hall–Kier alpha value is -2.43. The van der Waals surface area contributed by atoms with Gasteiger partial charge in [-0.05, 0) is 16.7 Å². The first-order chi connectivity index (χ1) is 11.5. The van der Waals surface area contributed by atoms with E-state index < -0.39 is 14.9 Å².